The van der Waals surface area contributed by atoms with Gasteiger partial charge in [0, 0.05) is 19.6 Å². The van der Waals surface area contributed by atoms with Gasteiger partial charge in [-0.2, -0.15) is 0 Å². The van der Waals surface area contributed by atoms with Gasteiger partial charge in [-0.05, 0) is 25.0 Å². The lowest BCUT2D eigenvalue weighted by atomic mass is 10.2. The minimum absolute atomic E-state index is 0.0626. The third kappa shape index (κ3) is 2.84. The van der Waals surface area contributed by atoms with Crippen molar-refractivity contribution in [3.63, 3.8) is 0 Å². The van der Waals surface area contributed by atoms with Crippen LogP contribution >= 0.6 is 0 Å². The van der Waals surface area contributed by atoms with Crippen LogP contribution in [-0.2, 0) is 16.6 Å². The molecule has 21 heavy (non-hydrogen) atoms. The summed E-state index contributed by atoms with van der Waals surface area (Å²) in [7, 11) is -3.28. The minimum Gasteiger partial charge on any atom is -0.298 e. The molecule has 0 bridgehead atoms. The van der Waals surface area contributed by atoms with E-state index in [0.29, 0.717) is 24.0 Å². The Morgan fingerprint density at radius 3 is 2.62 bits per heavy atom. The average molecular weight is 307 g/mol. The summed E-state index contributed by atoms with van der Waals surface area (Å²) in [5.74, 6) is -0.0626. The zero-order valence-electron chi connectivity index (χ0n) is 11.6. The highest BCUT2D eigenvalue weighted by atomic mass is 32.2. The first-order chi connectivity index (χ1) is 10.1. The van der Waals surface area contributed by atoms with E-state index >= 15 is 0 Å². The van der Waals surface area contributed by atoms with Gasteiger partial charge in [0.2, 0.25) is 10.0 Å². The summed E-state index contributed by atoms with van der Waals surface area (Å²) in [6.07, 6.45) is 3.25. The quantitative estimate of drug-likeness (QED) is 0.838. The Morgan fingerprint density at radius 1 is 1.14 bits per heavy atom. The van der Waals surface area contributed by atoms with E-state index in [9.17, 15) is 13.2 Å². The maximum Gasteiger partial charge on any atom is 0.261 e. The maximum atomic E-state index is 12.3. The van der Waals surface area contributed by atoms with Gasteiger partial charge >= 0.3 is 0 Å². The summed E-state index contributed by atoms with van der Waals surface area (Å²) >= 11 is 0. The van der Waals surface area contributed by atoms with Crippen molar-refractivity contribution in [2.75, 3.05) is 18.8 Å². The smallest absolute Gasteiger partial charge is 0.261 e. The Bertz CT molecular complexity index is 808. The molecule has 7 heteroatoms. The maximum absolute atomic E-state index is 12.3. The first kappa shape index (κ1) is 14.2. The van der Waals surface area contributed by atoms with Crippen molar-refractivity contribution in [1.29, 1.82) is 0 Å². The fraction of sp³-hybridized carbons (Fsp3) is 0.429. The monoisotopic (exact) mass is 307 g/mol. The van der Waals surface area contributed by atoms with Crippen LogP contribution in [0.1, 0.15) is 12.8 Å². The Labute approximate surface area is 123 Å². The van der Waals surface area contributed by atoms with E-state index in [0.717, 1.165) is 12.8 Å². The molecule has 0 atom stereocenters. The number of nitrogens with zero attached hydrogens (tertiary/aromatic N) is 3. The highest BCUT2D eigenvalue weighted by Crippen LogP contribution is 2.13. The molecule has 1 aromatic heterocycles. The molecule has 2 heterocycles. The summed E-state index contributed by atoms with van der Waals surface area (Å²) in [6, 6.07) is 7.06. The van der Waals surface area contributed by atoms with E-state index in [4.69, 9.17) is 0 Å². The zero-order valence-corrected chi connectivity index (χ0v) is 12.4. The van der Waals surface area contributed by atoms with E-state index in [1.54, 1.807) is 18.2 Å². The van der Waals surface area contributed by atoms with Crippen LogP contribution in [0.5, 0.6) is 0 Å². The summed E-state index contributed by atoms with van der Waals surface area (Å²) in [5, 5.41) is 0.513. The largest absolute Gasteiger partial charge is 0.298 e. The number of fused-ring (bicyclic) bond motifs is 1. The van der Waals surface area contributed by atoms with Crippen LogP contribution in [0.3, 0.4) is 0 Å². The number of para-hydroxylation sites is 1. The van der Waals surface area contributed by atoms with Crippen molar-refractivity contribution < 1.29 is 8.42 Å². The second kappa shape index (κ2) is 5.57. The molecule has 0 spiro atoms. The lowest BCUT2D eigenvalue weighted by molar-refractivity contribution is 0.473. The molecule has 1 aliphatic heterocycles. The number of aromatic nitrogens is 2. The Morgan fingerprint density at radius 2 is 1.86 bits per heavy atom. The molecule has 0 amide bonds. The van der Waals surface area contributed by atoms with Crippen LogP contribution in [0.4, 0.5) is 0 Å². The first-order valence-corrected chi connectivity index (χ1v) is 8.61. The second-order valence-corrected chi connectivity index (χ2v) is 7.27. The predicted molar refractivity (Wildman–Crippen MR) is 80.6 cm³/mol. The molecule has 0 unspecified atom stereocenters. The van der Waals surface area contributed by atoms with Gasteiger partial charge in [-0.3, -0.25) is 9.36 Å². The van der Waals surface area contributed by atoms with Crippen molar-refractivity contribution in [2.45, 2.75) is 19.4 Å². The van der Waals surface area contributed by atoms with E-state index in [1.807, 2.05) is 6.07 Å². The molecule has 0 N–H and O–H groups in total. The summed E-state index contributed by atoms with van der Waals surface area (Å²) in [4.78, 5) is 16.5. The molecule has 2 aromatic rings. The fourth-order valence-corrected chi connectivity index (χ4v) is 4.07. The normalized spacial score (nSPS) is 16.6. The van der Waals surface area contributed by atoms with Gasteiger partial charge in [-0.15, -0.1) is 0 Å². The molecular weight excluding hydrogens is 290 g/mol. The minimum atomic E-state index is -3.28. The van der Waals surface area contributed by atoms with Crippen LogP contribution in [0.15, 0.2) is 35.4 Å². The third-order valence-electron chi connectivity index (χ3n) is 3.78. The Kier molecular flexibility index (Phi) is 3.77. The lowest BCUT2D eigenvalue weighted by Crippen LogP contribution is -2.33. The van der Waals surface area contributed by atoms with Crippen LogP contribution < -0.4 is 5.56 Å². The summed E-state index contributed by atoms with van der Waals surface area (Å²) < 4.78 is 27.2. The lowest BCUT2D eigenvalue weighted by Gasteiger charge is -2.15. The van der Waals surface area contributed by atoms with E-state index < -0.39 is 10.0 Å². The van der Waals surface area contributed by atoms with Crippen LogP contribution in [-0.4, -0.2) is 41.1 Å². The molecule has 1 aromatic carbocycles. The van der Waals surface area contributed by atoms with Gasteiger partial charge in [0.15, 0.2) is 0 Å². The highest BCUT2D eigenvalue weighted by molar-refractivity contribution is 7.89. The number of hydrogen-bond acceptors (Lipinski definition) is 4. The van der Waals surface area contributed by atoms with Crippen molar-refractivity contribution >= 4 is 20.9 Å². The fourth-order valence-electron chi connectivity index (χ4n) is 2.57. The first-order valence-electron chi connectivity index (χ1n) is 7.00. The van der Waals surface area contributed by atoms with Crippen LogP contribution in [0.25, 0.3) is 10.9 Å². The van der Waals surface area contributed by atoms with Gasteiger partial charge in [-0.25, -0.2) is 17.7 Å². The molecule has 3 rings (SSSR count). The predicted octanol–water partition coefficient (Wildman–Crippen LogP) is 0.822. The third-order valence-corrected chi connectivity index (χ3v) is 5.63. The number of aryl methyl sites for hydroxylation is 1. The van der Waals surface area contributed by atoms with Crippen molar-refractivity contribution in [2.24, 2.45) is 0 Å². The summed E-state index contributed by atoms with van der Waals surface area (Å²) in [6.45, 7) is 1.32. The van der Waals surface area contributed by atoms with Gasteiger partial charge < -0.3 is 0 Å². The number of sulfonamides is 1. The number of benzene rings is 1. The average Bonchev–Trinajstić information content (AvgIpc) is 3.02. The molecule has 1 saturated heterocycles. The van der Waals surface area contributed by atoms with Crippen LogP contribution in [0.2, 0.25) is 0 Å². The molecule has 0 aliphatic carbocycles. The molecule has 0 radical (unpaired) electrons. The topological polar surface area (TPSA) is 72.3 Å². The Hall–Kier alpha value is -1.73. The van der Waals surface area contributed by atoms with Crippen molar-refractivity contribution in [3.05, 3.63) is 40.9 Å². The second-order valence-electron chi connectivity index (χ2n) is 5.18. The molecule has 1 fully saturated rings. The highest BCUT2D eigenvalue weighted by Gasteiger charge is 2.25. The van der Waals surface area contributed by atoms with Crippen molar-refractivity contribution in [3.8, 4) is 0 Å². The molecule has 6 nitrogen and oxygen atoms in total. The standard InChI is InChI=1S/C14H17N3O3S/c18-14-12-5-1-2-6-13(12)15-11-16(14)9-10-21(19,20)17-7-3-4-8-17/h1-2,5-6,11H,3-4,7-10H2. The van der Waals surface area contributed by atoms with Gasteiger partial charge in [0.05, 0.1) is 23.0 Å². The van der Waals surface area contributed by atoms with Gasteiger partial charge in [-0.1, -0.05) is 12.1 Å². The van der Waals surface area contributed by atoms with E-state index in [2.05, 4.69) is 4.98 Å². The van der Waals surface area contributed by atoms with E-state index in [1.165, 1.54) is 15.2 Å². The zero-order chi connectivity index (χ0) is 14.9. The van der Waals surface area contributed by atoms with E-state index in [-0.39, 0.29) is 17.9 Å². The number of hydrogen-bond donors (Lipinski definition) is 0. The van der Waals surface area contributed by atoms with Gasteiger partial charge in [0.25, 0.3) is 5.56 Å². The molecule has 112 valence electrons. The molecule has 1 aliphatic rings. The van der Waals surface area contributed by atoms with Gasteiger partial charge in [0.1, 0.15) is 0 Å². The molecule has 0 saturated carbocycles. The van der Waals surface area contributed by atoms with Crippen molar-refractivity contribution in [1.82, 2.24) is 13.9 Å². The summed E-state index contributed by atoms with van der Waals surface area (Å²) in [5.41, 5.74) is 0.429. The number of rotatable bonds is 4. The van der Waals surface area contributed by atoms with Crippen LogP contribution in [0, 0.1) is 0 Å². The SMILES string of the molecule is O=c1c2ccccc2ncn1CCS(=O)(=O)N1CCCC1. The molecular formula is C14H17N3O3S. The Balaban J connectivity index is 1.82.